The maximum absolute atomic E-state index is 13.1. The highest BCUT2D eigenvalue weighted by molar-refractivity contribution is 9.10. The van der Waals surface area contributed by atoms with E-state index >= 15 is 0 Å². The van der Waals surface area contributed by atoms with Gasteiger partial charge in [-0.3, -0.25) is 10.1 Å². The van der Waals surface area contributed by atoms with Gasteiger partial charge in [-0.15, -0.1) is 0 Å². The van der Waals surface area contributed by atoms with Crippen molar-refractivity contribution >= 4 is 27.6 Å². The van der Waals surface area contributed by atoms with Gasteiger partial charge in [0, 0.05) is 10.5 Å². The molecule has 0 aliphatic heterocycles. The molecule has 80 valence electrons. The van der Waals surface area contributed by atoms with E-state index in [0.717, 1.165) is 12.1 Å². The van der Waals surface area contributed by atoms with Gasteiger partial charge < -0.3 is 5.11 Å². The fourth-order valence-electron chi connectivity index (χ4n) is 1.02. The number of nitrogens with zero attached hydrogens (tertiary/aromatic N) is 1. The molecule has 1 atom stereocenters. The zero-order valence-electron chi connectivity index (χ0n) is 7.18. The number of hydrogen-bond donors (Lipinski definition) is 1. The number of nitro benzene ring substituents is 1. The van der Waals surface area contributed by atoms with Crippen molar-refractivity contribution in [2.24, 2.45) is 0 Å². The second-order valence-corrected chi connectivity index (χ2v) is 3.58. The first kappa shape index (κ1) is 11.6. The van der Waals surface area contributed by atoms with Gasteiger partial charge in [0.1, 0.15) is 0 Å². The molecule has 0 spiro atoms. The molecule has 0 aromatic heterocycles. The number of halogens is 2. The van der Waals surface area contributed by atoms with Gasteiger partial charge in [0.15, 0.2) is 0 Å². The molecule has 0 radical (unpaired) electrons. The Bertz CT molecular complexity index is 423. The molecule has 1 unspecified atom stereocenters. The molecule has 1 N–H and O–H groups in total. The normalized spacial score (nSPS) is 12.1. The third-order valence-electron chi connectivity index (χ3n) is 1.68. The first-order valence-electron chi connectivity index (χ1n) is 3.74. The van der Waals surface area contributed by atoms with Crippen LogP contribution in [0.4, 0.5) is 10.1 Å². The van der Waals surface area contributed by atoms with Crippen LogP contribution in [-0.2, 0) is 4.79 Å². The summed E-state index contributed by atoms with van der Waals surface area (Å²) in [7, 11) is 0. The molecule has 0 aliphatic rings. The molecule has 1 aromatic rings. The SMILES string of the molecule is O=C(O)C(F)c1ccc(Br)cc1[N+](=O)[O-]. The van der Waals surface area contributed by atoms with Crippen LogP contribution in [0.15, 0.2) is 22.7 Å². The lowest BCUT2D eigenvalue weighted by molar-refractivity contribution is -0.386. The number of benzene rings is 1. The zero-order valence-corrected chi connectivity index (χ0v) is 8.77. The maximum atomic E-state index is 13.1. The predicted molar refractivity (Wildman–Crippen MR) is 52.3 cm³/mol. The van der Waals surface area contributed by atoms with Crippen molar-refractivity contribution in [2.75, 3.05) is 0 Å². The van der Waals surface area contributed by atoms with E-state index in [9.17, 15) is 19.3 Å². The van der Waals surface area contributed by atoms with E-state index in [2.05, 4.69) is 15.9 Å². The molecule has 7 heteroatoms. The fraction of sp³-hybridized carbons (Fsp3) is 0.125. The molecule has 0 bridgehead atoms. The average molecular weight is 278 g/mol. The summed E-state index contributed by atoms with van der Waals surface area (Å²) in [5.41, 5.74) is -1.02. The number of nitro groups is 1. The van der Waals surface area contributed by atoms with E-state index in [-0.39, 0.29) is 0 Å². The van der Waals surface area contributed by atoms with Gasteiger partial charge in [0.05, 0.1) is 10.5 Å². The first-order valence-corrected chi connectivity index (χ1v) is 4.53. The summed E-state index contributed by atoms with van der Waals surface area (Å²) >= 11 is 2.98. The van der Waals surface area contributed by atoms with Crippen LogP contribution in [-0.4, -0.2) is 16.0 Å². The Labute approximate surface area is 91.8 Å². The molecule has 1 aromatic carbocycles. The molecule has 1 rings (SSSR count). The lowest BCUT2D eigenvalue weighted by atomic mass is 10.1. The van der Waals surface area contributed by atoms with Crippen LogP contribution in [0.25, 0.3) is 0 Å². The van der Waals surface area contributed by atoms with Gasteiger partial charge >= 0.3 is 5.97 Å². The molecule has 5 nitrogen and oxygen atoms in total. The molecule has 0 aliphatic carbocycles. The van der Waals surface area contributed by atoms with Crippen LogP contribution in [0.5, 0.6) is 0 Å². The van der Waals surface area contributed by atoms with Gasteiger partial charge in [-0.2, -0.15) is 0 Å². The van der Waals surface area contributed by atoms with Gasteiger partial charge in [-0.25, -0.2) is 9.18 Å². The van der Waals surface area contributed by atoms with Crippen LogP contribution >= 0.6 is 15.9 Å². The van der Waals surface area contributed by atoms with E-state index in [1.165, 1.54) is 6.07 Å². The number of carboxylic acids is 1. The largest absolute Gasteiger partial charge is 0.479 e. The summed E-state index contributed by atoms with van der Waals surface area (Å²) < 4.78 is 13.5. The summed E-state index contributed by atoms with van der Waals surface area (Å²) in [4.78, 5) is 20.1. The molecule has 0 saturated carbocycles. The second-order valence-electron chi connectivity index (χ2n) is 2.66. The summed E-state index contributed by atoms with van der Waals surface area (Å²) in [6, 6.07) is 3.48. The second kappa shape index (κ2) is 4.35. The van der Waals surface area contributed by atoms with Crippen LogP contribution < -0.4 is 0 Å². The molecule has 0 heterocycles. The Hall–Kier alpha value is -1.50. The third kappa shape index (κ3) is 2.50. The smallest absolute Gasteiger partial charge is 0.343 e. The summed E-state index contributed by atoms with van der Waals surface area (Å²) in [5.74, 6) is -1.75. The van der Waals surface area contributed by atoms with Crippen molar-refractivity contribution in [3.63, 3.8) is 0 Å². The lowest BCUT2D eigenvalue weighted by Crippen LogP contribution is -2.08. The molecule has 15 heavy (non-hydrogen) atoms. The van der Waals surface area contributed by atoms with Crippen LogP contribution in [0.3, 0.4) is 0 Å². The monoisotopic (exact) mass is 277 g/mol. The minimum Gasteiger partial charge on any atom is -0.479 e. The molecule has 0 saturated heterocycles. The first-order chi connectivity index (χ1) is 6.93. The Morgan fingerprint density at radius 1 is 1.60 bits per heavy atom. The van der Waals surface area contributed by atoms with Gasteiger partial charge in [0.25, 0.3) is 5.69 Å². The van der Waals surface area contributed by atoms with Crippen LogP contribution in [0, 0.1) is 10.1 Å². The number of alkyl halides is 1. The number of hydrogen-bond acceptors (Lipinski definition) is 3. The lowest BCUT2D eigenvalue weighted by Gasteiger charge is -2.04. The standard InChI is InChI=1S/C8H5BrFNO4/c9-4-1-2-5(7(10)8(12)13)6(3-4)11(14)15/h1-3,7H,(H,12,13). The minimum absolute atomic E-state index is 0.385. The Balaban J connectivity index is 3.28. The van der Waals surface area contributed by atoms with Crippen LogP contribution in [0.1, 0.15) is 11.7 Å². The van der Waals surface area contributed by atoms with E-state index in [4.69, 9.17) is 5.11 Å². The van der Waals surface area contributed by atoms with Crippen molar-refractivity contribution in [1.29, 1.82) is 0 Å². The van der Waals surface area contributed by atoms with Crippen molar-refractivity contribution < 1.29 is 19.2 Å². The van der Waals surface area contributed by atoms with E-state index < -0.39 is 28.3 Å². The van der Waals surface area contributed by atoms with Crippen LogP contribution in [0.2, 0.25) is 0 Å². The third-order valence-corrected chi connectivity index (χ3v) is 2.17. The highest BCUT2D eigenvalue weighted by Crippen LogP contribution is 2.30. The number of rotatable bonds is 3. The van der Waals surface area contributed by atoms with Gasteiger partial charge in [0.2, 0.25) is 6.17 Å². The van der Waals surface area contributed by atoms with E-state index in [1.54, 1.807) is 0 Å². The van der Waals surface area contributed by atoms with Crippen molar-refractivity contribution in [3.8, 4) is 0 Å². The quantitative estimate of drug-likeness (QED) is 0.680. The van der Waals surface area contributed by atoms with Crippen molar-refractivity contribution in [1.82, 2.24) is 0 Å². The van der Waals surface area contributed by atoms with Gasteiger partial charge in [-0.1, -0.05) is 15.9 Å². The summed E-state index contributed by atoms with van der Waals surface area (Å²) in [6.45, 7) is 0. The maximum Gasteiger partial charge on any atom is 0.343 e. The fourth-order valence-corrected chi connectivity index (χ4v) is 1.37. The zero-order chi connectivity index (χ0) is 11.6. The molecule has 0 fully saturated rings. The number of carbonyl (C=O) groups is 1. The topological polar surface area (TPSA) is 80.4 Å². The van der Waals surface area contributed by atoms with Crippen molar-refractivity contribution in [3.05, 3.63) is 38.3 Å². The van der Waals surface area contributed by atoms with Crippen molar-refractivity contribution in [2.45, 2.75) is 6.17 Å². The highest BCUT2D eigenvalue weighted by Gasteiger charge is 2.27. The predicted octanol–water partition coefficient (Wildman–Crippen LogP) is 2.45. The Morgan fingerprint density at radius 2 is 2.20 bits per heavy atom. The molecular weight excluding hydrogens is 273 g/mol. The Morgan fingerprint density at radius 3 is 2.67 bits per heavy atom. The summed E-state index contributed by atoms with van der Waals surface area (Å²) in [6.07, 6.45) is -2.39. The molecule has 0 amide bonds. The van der Waals surface area contributed by atoms with E-state index in [1.807, 2.05) is 0 Å². The number of aliphatic carboxylic acids is 1. The highest BCUT2D eigenvalue weighted by atomic mass is 79.9. The summed E-state index contributed by atoms with van der Waals surface area (Å²) in [5, 5.41) is 18.9. The van der Waals surface area contributed by atoms with E-state index in [0.29, 0.717) is 4.47 Å². The van der Waals surface area contributed by atoms with Gasteiger partial charge in [-0.05, 0) is 12.1 Å². The average Bonchev–Trinajstić information content (AvgIpc) is 2.16. The number of carboxylic acid groups (broad SMARTS) is 1. The minimum atomic E-state index is -2.39. The molecular formula is C8H5BrFNO4. The Kier molecular flexibility index (Phi) is 3.35.